The van der Waals surface area contributed by atoms with Crippen molar-refractivity contribution in [2.75, 3.05) is 0 Å². The minimum Gasteiger partial charge on any atom is -0.205 e. The fourth-order valence-corrected chi connectivity index (χ4v) is 1.81. The highest BCUT2D eigenvalue weighted by Gasteiger charge is 2.30. The third-order valence-corrected chi connectivity index (χ3v) is 2.70. The number of halogens is 5. The van der Waals surface area contributed by atoms with E-state index in [2.05, 4.69) is 0 Å². The van der Waals surface area contributed by atoms with Crippen molar-refractivity contribution >= 4 is 0 Å². The lowest BCUT2D eigenvalue weighted by molar-refractivity contribution is -0.137. The van der Waals surface area contributed by atoms with Crippen LogP contribution in [0.3, 0.4) is 0 Å². The molecule has 2 aromatic rings. The Kier molecular flexibility index (Phi) is 3.55. The first kappa shape index (κ1) is 13.5. The molecule has 5 heteroatoms. The highest BCUT2D eigenvalue weighted by molar-refractivity contribution is 5.68. The van der Waals surface area contributed by atoms with E-state index in [0.717, 1.165) is 12.1 Å². The lowest BCUT2D eigenvalue weighted by atomic mass is 9.98. The lowest BCUT2D eigenvalue weighted by Crippen LogP contribution is -2.04. The van der Waals surface area contributed by atoms with E-state index in [4.69, 9.17) is 0 Å². The molecule has 0 unspecified atom stereocenters. The molecule has 0 aliphatic rings. The molecule has 0 saturated carbocycles. The standard InChI is InChI=1S/C14H9F5/c15-13(16)12-7-2-1-6-11(12)9-4-3-5-10(8-9)14(17,18)19/h1-8,13H. The quantitative estimate of drug-likeness (QED) is 0.650. The molecule has 0 aliphatic carbocycles. The van der Waals surface area contributed by atoms with Gasteiger partial charge < -0.3 is 0 Å². The van der Waals surface area contributed by atoms with Crippen molar-refractivity contribution < 1.29 is 22.0 Å². The average Bonchev–Trinajstić information content (AvgIpc) is 2.38. The van der Waals surface area contributed by atoms with E-state index < -0.39 is 18.2 Å². The minimum atomic E-state index is -4.49. The summed E-state index contributed by atoms with van der Waals surface area (Å²) >= 11 is 0. The first-order chi connectivity index (χ1) is 8.89. The Labute approximate surface area is 106 Å². The van der Waals surface area contributed by atoms with Crippen molar-refractivity contribution in [3.63, 3.8) is 0 Å². The van der Waals surface area contributed by atoms with Crippen LogP contribution in [0.2, 0.25) is 0 Å². The van der Waals surface area contributed by atoms with Crippen molar-refractivity contribution in [3.05, 3.63) is 59.7 Å². The Hall–Kier alpha value is -1.91. The van der Waals surface area contributed by atoms with Crippen molar-refractivity contribution in [1.29, 1.82) is 0 Å². The van der Waals surface area contributed by atoms with Gasteiger partial charge in [-0.2, -0.15) is 13.2 Å². The number of alkyl halides is 5. The van der Waals surface area contributed by atoms with Crippen molar-refractivity contribution in [1.82, 2.24) is 0 Å². The molecule has 0 saturated heterocycles. The third kappa shape index (κ3) is 2.92. The van der Waals surface area contributed by atoms with Gasteiger partial charge in [0.2, 0.25) is 0 Å². The average molecular weight is 272 g/mol. The van der Waals surface area contributed by atoms with Crippen LogP contribution in [-0.2, 0) is 6.18 Å². The zero-order valence-corrected chi connectivity index (χ0v) is 9.59. The summed E-state index contributed by atoms with van der Waals surface area (Å²) in [6.45, 7) is 0. The second kappa shape index (κ2) is 4.99. The molecule has 19 heavy (non-hydrogen) atoms. The van der Waals surface area contributed by atoms with Gasteiger partial charge in [0, 0.05) is 5.56 Å². The van der Waals surface area contributed by atoms with Crippen molar-refractivity contribution in [2.24, 2.45) is 0 Å². The zero-order valence-electron chi connectivity index (χ0n) is 9.59. The molecule has 0 nitrogen and oxygen atoms in total. The van der Waals surface area contributed by atoms with Crippen LogP contribution < -0.4 is 0 Å². The number of hydrogen-bond acceptors (Lipinski definition) is 0. The molecular weight excluding hydrogens is 263 g/mol. The fourth-order valence-electron chi connectivity index (χ4n) is 1.81. The van der Waals surface area contributed by atoms with Crippen LogP contribution in [0.5, 0.6) is 0 Å². The fraction of sp³-hybridized carbons (Fsp3) is 0.143. The molecule has 0 fully saturated rings. The van der Waals surface area contributed by atoms with Gasteiger partial charge in [-0.15, -0.1) is 0 Å². The predicted molar refractivity (Wildman–Crippen MR) is 61.8 cm³/mol. The molecule has 2 aromatic carbocycles. The molecule has 0 radical (unpaired) electrons. The van der Waals surface area contributed by atoms with Gasteiger partial charge in [-0.1, -0.05) is 36.4 Å². The van der Waals surface area contributed by atoms with Gasteiger partial charge in [0.25, 0.3) is 6.43 Å². The summed E-state index contributed by atoms with van der Waals surface area (Å²) < 4.78 is 63.4. The molecule has 0 N–H and O–H groups in total. The molecule has 0 aromatic heterocycles. The Bertz CT molecular complexity index is 572. The molecule has 0 amide bonds. The third-order valence-electron chi connectivity index (χ3n) is 2.70. The second-order valence-corrected chi connectivity index (χ2v) is 3.97. The first-order valence-electron chi connectivity index (χ1n) is 5.44. The predicted octanol–water partition coefficient (Wildman–Crippen LogP) is 5.31. The van der Waals surface area contributed by atoms with E-state index in [9.17, 15) is 22.0 Å². The van der Waals surface area contributed by atoms with Gasteiger partial charge >= 0.3 is 6.18 Å². The van der Waals surface area contributed by atoms with Crippen LogP contribution in [0.4, 0.5) is 22.0 Å². The molecule has 0 spiro atoms. The van der Waals surface area contributed by atoms with Crippen LogP contribution in [-0.4, -0.2) is 0 Å². The molecule has 0 atom stereocenters. The van der Waals surface area contributed by atoms with Crippen LogP contribution in [0.1, 0.15) is 17.6 Å². The van der Waals surface area contributed by atoms with Crippen LogP contribution in [0.25, 0.3) is 11.1 Å². The molecule has 0 bridgehead atoms. The molecule has 0 aliphatic heterocycles. The number of hydrogen-bond donors (Lipinski definition) is 0. The van der Waals surface area contributed by atoms with E-state index in [1.807, 2.05) is 0 Å². The van der Waals surface area contributed by atoms with E-state index in [1.165, 1.54) is 36.4 Å². The molecular formula is C14H9F5. The summed E-state index contributed by atoms with van der Waals surface area (Å²) in [7, 11) is 0. The van der Waals surface area contributed by atoms with Crippen LogP contribution in [0.15, 0.2) is 48.5 Å². The Morgan fingerprint density at radius 2 is 1.53 bits per heavy atom. The van der Waals surface area contributed by atoms with Crippen LogP contribution >= 0.6 is 0 Å². The summed E-state index contributed by atoms with van der Waals surface area (Å²) in [4.78, 5) is 0. The SMILES string of the molecule is FC(F)c1ccccc1-c1cccc(C(F)(F)F)c1. The van der Waals surface area contributed by atoms with Crippen LogP contribution in [0, 0.1) is 0 Å². The normalized spacial score (nSPS) is 11.9. The van der Waals surface area contributed by atoms with Gasteiger partial charge in [0.1, 0.15) is 0 Å². The molecule has 2 rings (SSSR count). The smallest absolute Gasteiger partial charge is 0.205 e. The Morgan fingerprint density at radius 3 is 2.16 bits per heavy atom. The summed E-state index contributed by atoms with van der Waals surface area (Å²) in [6, 6.07) is 9.92. The highest BCUT2D eigenvalue weighted by atomic mass is 19.4. The Morgan fingerprint density at radius 1 is 0.842 bits per heavy atom. The van der Waals surface area contributed by atoms with Gasteiger partial charge in [0.05, 0.1) is 5.56 Å². The summed E-state index contributed by atoms with van der Waals surface area (Å²) in [5.74, 6) is 0. The van der Waals surface area contributed by atoms with Gasteiger partial charge in [-0.05, 0) is 23.3 Å². The highest BCUT2D eigenvalue weighted by Crippen LogP contribution is 2.35. The van der Waals surface area contributed by atoms with Crippen molar-refractivity contribution in [2.45, 2.75) is 12.6 Å². The Balaban J connectivity index is 2.54. The van der Waals surface area contributed by atoms with E-state index >= 15 is 0 Å². The summed E-state index contributed by atoms with van der Waals surface area (Å²) in [6.07, 6.45) is -7.22. The van der Waals surface area contributed by atoms with Gasteiger partial charge in [-0.25, -0.2) is 8.78 Å². The minimum absolute atomic E-state index is 0.114. The maximum Gasteiger partial charge on any atom is 0.416 e. The largest absolute Gasteiger partial charge is 0.416 e. The number of rotatable bonds is 2. The number of benzene rings is 2. The molecule has 0 heterocycles. The maximum absolute atomic E-state index is 12.8. The van der Waals surface area contributed by atoms with E-state index in [-0.39, 0.29) is 16.7 Å². The summed E-state index contributed by atoms with van der Waals surface area (Å²) in [5, 5.41) is 0. The van der Waals surface area contributed by atoms with Gasteiger partial charge in [-0.3, -0.25) is 0 Å². The lowest BCUT2D eigenvalue weighted by Gasteiger charge is -2.11. The maximum atomic E-state index is 12.8. The monoisotopic (exact) mass is 272 g/mol. The van der Waals surface area contributed by atoms with E-state index in [0.29, 0.717) is 0 Å². The zero-order chi connectivity index (χ0) is 14.0. The van der Waals surface area contributed by atoms with Crippen molar-refractivity contribution in [3.8, 4) is 11.1 Å². The van der Waals surface area contributed by atoms with Gasteiger partial charge in [0.15, 0.2) is 0 Å². The first-order valence-corrected chi connectivity index (χ1v) is 5.44. The summed E-state index contributed by atoms with van der Waals surface area (Å²) in [5.41, 5.74) is -0.884. The van der Waals surface area contributed by atoms with E-state index in [1.54, 1.807) is 0 Å². The topological polar surface area (TPSA) is 0 Å². The second-order valence-electron chi connectivity index (χ2n) is 3.97. The molecule has 100 valence electrons.